The molecular formula is C12H4Cl2F2N2S. The highest BCUT2D eigenvalue weighted by molar-refractivity contribution is 7.17. The second-order valence-electron chi connectivity index (χ2n) is 3.73. The Kier molecular flexibility index (Phi) is 3.12. The van der Waals surface area contributed by atoms with Gasteiger partial charge in [-0.1, -0.05) is 23.2 Å². The summed E-state index contributed by atoms with van der Waals surface area (Å²) in [5, 5.41) is 1.52. The number of hydrogen-bond donors (Lipinski definition) is 0. The SMILES string of the molecule is Fc1cc(-c2nc(Cl)c3sccc3n2)cc(F)c1Cl. The van der Waals surface area contributed by atoms with Gasteiger partial charge in [0.1, 0.15) is 16.7 Å². The van der Waals surface area contributed by atoms with Crippen molar-refractivity contribution >= 4 is 44.8 Å². The van der Waals surface area contributed by atoms with Crippen LogP contribution in [0.1, 0.15) is 0 Å². The molecule has 1 aromatic carbocycles. The number of thiophene rings is 1. The molecule has 0 N–H and O–H groups in total. The van der Waals surface area contributed by atoms with Gasteiger partial charge in [-0.25, -0.2) is 18.7 Å². The van der Waals surface area contributed by atoms with Crippen LogP contribution in [-0.4, -0.2) is 9.97 Å². The molecule has 3 aromatic rings. The first kappa shape index (κ1) is 12.7. The highest BCUT2D eigenvalue weighted by atomic mass is 35.5. The molecule has 2 aromatic heterocycles. The predicted octanol–water partition coefficient (Wildman–Crippen LogP) is 4.94. The molecule has 3 rings (SSSR count). The van der Waals surface area contributed by atoms with E-state index < -0.39 is 16.7 Å². The third-order valence-electron chi connectivity index (χ3n) is 2.50. The van der Waals surface area contributed by atoms with E-state index in [4.69, 9.17) is 23.2 Å². The van der Waals surface area contributed by atoms with Crippen LogP contribution in [0.15, 0.2) is 23.6 Å². The average Bonchev–Trinajstić information content (AvgIpc) is 2.84. The van der Waals surface area contributed by atoms with Crippen molar-refractivity contribution in [2.45, 2.75) is 0 Å². The van der Waals surface area contributed by atoms with Crippen molar-refractivity contribution in [3.63, 3.8) is 0 Å². The molecule has 2 nitrogen and oxygen atoms in total. The van der Waals surface area contributed by atoms with Gasteiger partial charge in [-0.05, 0) is 23.6 Å². The van der Waals surface area contributed by atoms with E-state index in [1.54, 1.807) is 6.07 Å². The van der Waals surface area contributed by atoms with E-state index in [1.807, 2.05) is 5.38 Å². The standard InChI is InChI=1S/C12H4Cl2F2N2S/c13-9-6(15)3-5(4-7(9)16)12-17-8-1-2-19-10(8)11(14)18-12/h1-4H. The van der Waals surface area contributed by atoms with Gasteiger partial charge in [0, 0.05) is 5.56 Å². The molecule has 0 aliphatic carbocycles. The predicted molar refractivity (Wildman–Crippen MR) is 72.8 cm³/mol. The molecule has 19 heavy (non-hydrogen) atoms. The molecule has 7 heteroatoms. The van der Waals surface area contributed by atoms with Gasteiger partial charge in [-0.15, -0.1) is 11.3 Å². The van der Waals surface area contributed by atoms with Gasteiger partial charge in [0.25, 0.3) is 0 Å². The molecule has 0 saturated heterocycles. The van der Waals surface area contributed by atoms with Crippen LogP contribution in [0.4, 0.5) is 8.78 Å². The van der Waals surface area contributed by atoms with E-state index >= 15 is 0 Å². The topological polar surface area (TPSA) is 25.8 Å². The Morgan fingerprint density at radius 3 is 2.42 bits per heavy atom. The van der Waals surface area contributed by atoms with Gasteiger partial charge in [0.05, 0.1) is 10.2 Å². The first-order chi connectivity index (χ1) is 9.06. The van der Waals surface area contributed by atoms with Crippen molar-refractivity contribution in [2.24, 2.45) is 0 Å². The van der Waals surface area contributed by atoms with Gasteiger partial charge in [0.15, 0.2) is 11.0 Å². The lowest BCUT2D eigenvalue weighted by atomic mass is 10.2. The largest absolute Gasteiger partial charge is 0.227 e. The number of nitrogens with zero attached hydrogens (tertiary/aromatic N) is 2. The van der Waals surface area contributed by atoms with Gasteiger partial charge in [-0.2, -0.15) is 0 Å². The summed E-state index contributed by atoms with van der Waals surface area (Å²) in [6, 6.07) is 3.92. The lowest BCUT2D eigenvalue weighted by Crippen LogP contribution is -1.93. The summed E-state index contributed by atoms with van der Waals surface area (Å²) < 4.78 is 27.6. The van der Waals surface area contributed by atoms with Crippen LogP contribution in [-0.2, 0) is 0 Å². The van der Waals surface area contributed by atoms with Crippen molar-refractivity contribution in [3.05, 3.63) is 45.4 Å². The van der Waals surface area contributed by atoms with E-state index in [-0.39, 0.29) is 16.5 Å². The minimum Gasteiger partial charge on any atom is -0.227 e. The Morgan fingerprint density at radius 1 is 1.05 bits per heavy atom. The quantitative estimate of drug-likeness (QED) is 0.469. The van der Waals surface area contributed by atoms with Crippen LogP contribution in [0.3, 0.4) is 0 Å². The first-order valence-corrected chi connectivity index (χ1v) is 6.75. The highest BCUT2D eigenvalue weighted by Crippen LogP contribution is 2.30. The maximum atomic E-state index is 13.4. The third kappa shape index (κ3) is 2.18. The van der Waals surface area contributed by atoms with E-state index in [0.29, 0.717) is 5.52 Å². The van der Waals surface area contributed by atoms with Crippen molar-refractivity contribution in [1.82, 2.24) is 9.97 Å². The Bertz CT molecular complexity index is 765. The summed E-state index contributed by atoms with van der Waals surface area (Å²) in [5.41, 5.74) is 0.824. The zero-order chi connectivity index (χ0) is 13.6. The van der Waals surface area contributed by atoms with Gasteiger partial charge >= 0.3 is 0 Å². The molecule has 2 heterocycles. The Labute approximate surface area is 120 Å². The van der Waals surface area contributed by atoms with Crippen LogP contribution >= 0.6 is 34.5 Å². The fourth-order valence-corrected chi connectivity index (χ4v) is 2.77. The van der Waals surface area contributed by atoms with Crippen LogP contribution in [0.5, 0.6) is 0 Å². The zero-order valence-corrected chi connectivity index (χ0v) is 11.5. The molecule has 0 spiro atoms. The molecular weight excluding hydrogens is 313 g/mol. The maximum Gasteiger partial charge on any atom is 0.161 e. The lowest BCUT2D eigenvalue weighted by molar-refractivity contribution is 0.584. The monoisotopic (exact) mass is 316 g/mol. The molecule has 96 valence electrons. The molecule has 0 aliphatic heterocycles. The second-order valence-corrected chi connectivity index (χ2v) is 5.38. The van der Waals surface area contributed by atoms with E-state index in [0.717, 1.165) is 16.8 Å². The number of benzene rings is 1. The van der Waals surface area contributed by atoms with E-state index in [9.17, 15) is 8.78 Å². The summed E-state index contributed by atoms with van der Waals surface area (Å²) >= 11 is 12.8. The molecule has 0 atom stereocenters. The molecule has 0 saturated carbocycles. The third-order valence-corrected chi connectivity index (χ3v) is 4.16. The summed E-state index contributed by atoms with van der Waals surface area (Å²) in [4.78, 5) is 8.26. The lowest BCUT2D eigenvalue weighted by Gasteiger charge is -2.04. The average molecular weight is 317 g/mol. The fourth-order valence-electron chi connectivity index (χ4n) is 1.64. The summed E-state index contributed by atoms with van der Waals surface area (Å²) in [6.45, 7) is 0. The number of fused-ring (bicyclic) bond motifs is 1. The number of aromatic nitrogens is 2. The van der Waals surface area contributed by atoms with Crippen molar-refractivity contribution < 1.29 is 8.78 Å². The molecule has 0 fully saturated rings. The van der Waals surface area contributed by atoms with Crippen LogP contribution < -0.4 is 0 Å². The van der Waals surface area contributed by atoms with Crippen molar-refractivity contribution in [3.8, 4) is 11.4 Å². The van der Waals surface area contributed by atoms with E-state index in [1.165, 1.54) is 11.3 Å². The van der Waals surface area contributed by atoms with E-state index in [2.05, 4.69) is 9.97 Å². The Hall–Kier alpha value is -1.30. The molecule has 0 radical (unpaired) electrons. The summed E-state index contributed by atoms with van der Waals surface area (Å²) in [7, 11) is 0. The van der Waals surface area contributed by atoms with Crippen LogP contribution in [0.2, 0.25) is 10.2 Å². The molecule has 0 amide bonds. The fraction of sp³-hybridized carbons (Fsp3) is 0. The normalized spacial score (nSPS) is 11.2. The molecule has 0 bridgehead atoms. The van der Waals surface area contributed by atoms with Gasteiger partial charge < -0.3 is 0 Å². The Balaban J connectivity index is 2.24. The highest BCUT2D eigenvalue weighted by Gasteiger charge is 2.14. The minimum absolute atomic E-state index is 0.158. The first-order valence-electron chi connectivity index (χ1n) is 5.12. The van der Waals surface area contributed by atoms with Crippen LogP contribution in [0, 0.1) is 11.6 Å². The van der Waals surface area contributed by atoms with Crippen LogP contribution in [0.25, 0.3) is 21.6 Å². The van der Waals surface area contributed by atoms with Crippen molar-refractivity contribution in [2.75, 3.05) is 0 Å². The van der Waals surface area contributed by atoms with Gasteiger partial charge in [-0.3, -0.25) is 0 Å². The van der Waals surface area contributed by atoms with Gasteiger partial charge in [0.2, 0.25) is 0 Å². The smallest absolute Gasteiger partial charge is 0.161 e. The maximum absolute atomic E-state index is 13.4. The summed E-state index contributed by atoms with van der Waals surface area (Å²) in [5.74, 6) is -1.56. The number of rotatable bonds is 1. The number of halogens is 4. The molecule has 0 unspecified atom stereocenters. The Morgan fingerprint density at radius 2 is 1.74 bits per heavy atom. The van der Waals surface area contributed by atoms with Crippen molar-refractivity contribution in [1.29, 1.82) is 0 Å². The zero-order valence-electron chi connectivity index (χ0n) is 9.12. The minimum atomic E-state index is -0.859. The summed E-state index contributed by atoms with van der Waals surface area (Å²) in [6.07, 6.45) is 0. The number of hydrogen-bond acceptors (Lipinski definition) is 3. The molecule has 0 aliphatic rings. The second kappa shape index (κ2) is 4.67.